The number of fused-ring (bicyclic) bond motifs is 5. The van der Waals surface area contributed by atoms with E-state index in [0.29, 0.717) is 0 Å². The van der Waals surface area contributed by atoms with Crippen molar-refractivity contribution < 1.29 is 0 Å². The second kappa shape index (κ2) is 9.64. The molecule has 0 heterocycles. The first-order chi connectivity index (χ1) is 23.1. The summed E-state index contributed by atoms with van der Waals surface area (Å²) in [6.07, 6.45) is 0. The van der Waals surface area contributed by atoms with E-state index in [1.807, 2.05) is 0 Å². The summed E-state index contributed by atoms with van der Waals surface area (Å²) in [4.78, 5) is 0. The first-order valence-electron chi connectivity index (χ1n) is 16.6. The molecular weight excluding hydrogens is 565 g/mol. The van der Waals surface area contributed by atoms with Gasteiger partial charge < -0.3 is 0 Å². The molecule has 1 aliphatic rings. The molecule has 0 heteroatoms. The van der Waals surface area contributed by atoms with Crippen LogP contribution in [0.15, 0.2) is 158 Å². The molecule has 0 nitrogen and oxygen atoms in total. The molecular formula is C47H32. The minimum absolute atomic E-state index is 0.0261. The summed E-state index contributed by atoms with van der Waals surface area (Å²) in [5.41, 5.74) is 13.1. The van der Waals surface area contributed by atoms with Gasteiger partial charge in [0.1, 0.15) is 0 Å². The average molecular weight is 597 g/mol. The van der Waals surface area contributed by atoms with Crippen LogP contribution >= 0.6 is 0 Å². The maximum atomic E-state index is 2.38. The van der Waals surface area contributed by atoms with Crippen molar-refractivity contribution in [3.05, 3.63) is 169 Å². The van der Waals surface area contributed by atoms with Crippen LogP contribution in [0.3, 0.4) is 0 Å². The molecule has 0 amide bonds. The van der Waals surface area contributed by atoms with Gasteiger partial charge in [-0.25, -0.2) is 0 Å². The zero-order valence-corrected chi connectivity index (χ0v) is 26.5. The highest BCUT2D eigenvalue weighted by Gasteiger charge is 2.36. The number of benzene rings is 9. The Kier molecular flexibility index (Phi) is 5.44. The quantitative estimate of drug-likeness (QED) is 0.178. The minimum Gasteiger partial charge on any atom is -0.0619 e. The highest BCUT2D eigenvalue weighted by Crippen LogP contribution is 2.51. The van der Waals surface area contributed by atoms with E-state index in [1.54, 1.807) is 0 Å². The van der Waals surface area contributed by atoms with Gasteiger partial charge in [0.2, 0.25) is 0 Å². The number of rotatable bonds is 3. The normalized spacial score (nSPS) is 13.5. The van der Waals surface area contributed by atoms with Gasteiger partial charge in [-0.15, -0.1) is 0 Å². The van der Waals surface area contributed by atoms with Crippen LogP contribution in [0.5, 0.6) is 0 Å². The standard InChI is InChI=1S/C47H32/c1-47(2)43-16-6-5-15-40(43)42-26-22-35-28-33(21-23-37(35)46(42)47)32-11-8-12-34(27-32)36-13-3-4-14-38(36)39-24-19-31-18-17-29-9-7-10-30-20-25-41(39)45(31)44(29)30/h3-28H,1-2H3. The zero-order chi connectivity index (χ0) is 31.3. The van der Waals surface area contributed by atoms with Crippen LogP contribution in [0, 0.1) is 0 Å². The fourth-order valence-corrected chi connectivity index (χ4v) is 8.61. The van der Waals surface area contributed by atoms with E-state index < -0.39 is 0 Å². The van der Waals surface area contributed by atoms with E-state index in [2.05, 4.69) is 172 Å². The molecule has 0 radical (unpaired) electrons. The zero-order valence-electron chi connectivity index (χ0n) is 26.5. The molecule has 0 spiro atoms. The summed E-state index contributed by atoms with van der Waals surface area (Å²) in [5.74, 6) is 0. The summed E-state index contributed by atoms with van der Waals surface area (Å²) in [6.45, 7) is 4.74. The molecule has 220 valence electrons. The molecule has 47 heavy (non-hydrogen) atoms. The van der Waals surface area contributed by atoms with Crippen LogP contribution in [0.2, 0.25) is 0 Å². The van der Waals surface area contributed by atoms with Crippen molar-refractivity contribution in [2.75, 3.05) is 0 Å². The summed E-state index contributed by atoms with van der Waals surface area (Å²) in [7, 11) is 0. The Hall–Kier alpha value is -5.72. The lowest BCUT2D eigenvalue weighted by molar-refractivity contribution is 0.666. The Bertz CT molecular complexity index is 2690. The van der Waals surface area contributed by atoms with Crippen molar-refractivity contribution >= 4 is 43.1 Å². The molecule has 0 saturated heterocycles. The SMILES string of the molecule is CC1(C)c2ccccc2-c2ccc3cc(-c4cccc(-c5ccccc5-c5ccc6ccc7cccc8ccc5c6c78)c4)ccc3c21. The number of hydrogen-bond acceptors (Lipinski definition) is 0. The van der Waals surface area contributed by atoms with Crippen molar-refractivity contribution in [3.8, 4) is 44.5 Å². The average Bonchev–Trinajstić information content (AvgIpc) is 3.36. The third-order valence-corrected chi connectivity index (χ3v) is 10.8. The van der Waals surface area contributed by atoms with E-state index >= 15 is 0 Å². The van der Waals surface area contributed by atoms with Crippen molar-refractivity contribution in [2.45, 2.75) is 19.3 Å². The third-order valence-electron chi connectivity index (χ3n) is 10.8. The predicted molar refractivity (Wildman–Crippen MR) is 202 cm³/mol. The maximum absolute atomic E-state index is 2.38. The fraction of sp³-hybridized carbons (Fsp3) is 0.0638. The van der Waals surface area contributed by atoms with Crippen molar-refractivity contribution in [1.82, 2.24) is 0 Å². The molecule has 0 fully saturated rings. The Morgan fingerprint density at radius 1 is 0.340 bits per heavy atom. The first kappa shape index (κ1) is 26.5. The van der Waals surface area contributed by atoms with E-state index in [-0.39, 0.29) is 5.41 Å². The second-order valence-electron chi connectivity index (χ2n) is 13.7. The van der Waals surface area contributed by atoms with Crippen LogP contribution in [0.1, 0.15) is 25.0 Å². The second-order valence-corrected chi connectivity index (χ2v) is 13.7. The van der Waals surface area contributed by atoms with Crippen molar-refractivity contribution in [3.63, 3.8) is 0 Å². The Labute approximate surface area is 274 Å². The molecule has 9 aromatic rings. The number of hydrogen-bond donors (Lipinski definition) is 0. The molecule has 1 aliphatic carbocycles. The molecule has 0 saturated carbocycles. The van der Waals surface area contributed by atoms with Crippen LogP contribution in [-0.4, -0.2) is 0 Å². The minimum atomic E-state index is -0.0261. The Balaban J connectivity index is 1.10. The van der Waals surface area contributed by atoms with Gasteiger partial charge in [0.15, 0.2) is 0 Å². The Morgan fingerprint density at radius 2 is 0.936 bits per heavy atom. The highest BCUT2D eigenvalue weighted by molar-refractivity contribution is 6.25. The predicted octanol–water partition coefficient (Wildman–Crippen LogP) is 13.0. The lowest BCUT2D eigenvalue weighted by atomic mass is 9.80. The van der Waals surface area contributed by atoms with Crippen LogP contribution < -0.4 is 0 Å². The maximum Gasteiger partial charge on any atom is 0.0165 e. The molecule has 0 aliphatic heterocycles. The molecule has 10 rings (SSSR count). The largest absolute Gasteiger partial charge is 0.0619 e. The van der Waals surface area contributed by atoms with Gasteiger partial charge in [-0.05, 0) is 111 Å². The van der Waals surface area contributed by atoms with E-state index in [1.165, 1.54) is 98.7 Å². The van der Waals surface area contributed by atoms with Gasteiger partial charge >= 0.3 is 0 Å². The van der Waals surface area contributed by atoms with E-state index in [4.69, 9.17) is 0 Å². The monoisotopic (exact) mass is 596 g/mol. The van der Waals surface area contributed by atoms with Crippen LogP contribution in [0.25, 0.3) is 87.6 Å². The lowest BCUT2D eigenvalue weighted by Gasteiger charge is -2.23. The topological polar surface area (TPSA) is 0 Å². The van der Waals surface area contributed by atoms with Gasteiger partial charge in [-0.1, -0.05) is 159 Å². The molecule has 0 N–H and O–H groups in total. The van der Waals surface area contributed by atoms with Crippen LogP contribution in [-0.2, 0) is 5.41 Å². The molecule has 0 unspecified atom stereocenters. The fourth-order valence-electron chi connectivity index (χ4n) is 8.61. The summed E-state index contributed by atoms with van der Waals surface area (Å²) in [5, 5.41) is 10.6. The smallest absolute Gasteiger partial charge is 0.0165 e. The van der Waals surface area contributed by atoms with Gasteiger partial charge in [0.25, 0.3) is 0 Å². The van der Waals surface area contributed by atoms with Gasteiger partial charge in [0, 0.05) is 5.41 Å². The Morgan fingerprint density at radius 3 is 1.79 bits per heavy atom. The summed E-state index contributed by atoms with van der Waals surface area (Å²) < 4.78 is 0. The molecule has 0 aromatic heterocycles. The van der Waals surface area contributed by atoms with E-state index in [9.17, 15) is 0 Å². The molecule has 0 atom stereocenters. The van der Waals surface area contributed by atoms with Gasteiger partial charge in [0.05, 0.1) is 0 Å². The molecule has 0 bridgehead atoms. The third kappa shape index (κ3) is 3.76. The summed E-state index contributed by atoms with van der Waals surface area (Å²) >= 11 is 0. The van der Waals surface area contributed by atoms with Crippen LogP contribution in [0.4, 0.5) is 0 Å². The van der Waals surface area contributed by atoms with E-state index in [0.717, 1.165) is 0 Å². The lowest BCUT2D eigenvalue weighted by Crippen LogP contribution is -2.15. The van der Waals surface area contributed by atoms with Crippen molar-refractivity contribution in [1.29, 1.82) is 0 Å². The van der Waals surface area contributed by atoms with Crippen molar-refractivity contribution in [2.24, 2.45) is 0 Å². The highest BCUT2D eigenvalue weighted by atomic mass is 14.4. The first-order valence-corrected chi connectivity index (χ1v) is 16.6. The van der Waals surface area contributed by atoms with Gasteiger partial charge in [-0.3, -0.25) is 0 Å². The summed E-state index contributed by atoms with van der Waals surface area (Å²) in [6, 6.07) is 58.9. The molecule has 9 aromatic carbocycles. The van der Waals surface area contributed by atoms with Gasteiger partial charge in [-0.2, -0.15) is 0 Å².